The van der Waals surface area contributed by atoms with Gasteiger partial charge in [-0.1, -0.05) is 24.3 Å². The Morgan fingerprint density at radius 2 is 1.86 bits per heavy atom. The second-order valence-electron chi connectivity index (χ2n) is 7.19. The average molecular weight is 398 g/mol. The molecule has 0 radical (unpaired) electrons. The molecule has 8 nitrogen and oxygen atoms in total. The van der Waals surface area contributed by atoms with Gasteiger partial charge in [-0.05, 0) is 23.3 Å². The first-order chi connectivity index (χ1) is 14.0. The van der Waals surface area contributed by atoms with E-state index in [9.17, 15) is 14.9 Å². The van der Waals surface area contributed by atoms with E-state index in [0.29, 0.717) is 12.2 Å². The number of nitrogens with zero attached hydrogens (tertiary/aromatic N) is 3. The van der Waals surface area contributed by atoms with Gasteiger partial charge < -0.3 is 15.0 Å². The van der Waals surface area contributed by atoms with E-state index in [2.05, 4.69) is 16.3 Å². The van der Waals surface area contributed by atoms with Crippen molar-refractivity contribution in [1.82, 2.24) is 10.2 Å². The Morgan fingerprint density at radius 3 is 2.52 bits per heavy atom. The van der Waals surface area contributed by atoms with Gasteiger partial charge in [0.2, 0.25) is 0 Å². The van der Waals surface area contributed by atoms with Crippen LogP contribution in [0.3, 0.4) is 0 Å². The molecular weight excluding hydrogens is 372 g/mol. The van der Waals surface area contributed by atoms with Gasteiger partial charge in [-0.25, -0.2) is 0 Å². The minimum absolute atomic E-state index is 0.0876. The van der Waals surface area contributed by atoms with Crippen LogP contribution in [0, 0.1) is 10.1 Å². The number of ether oxygens (including phenoxy) is 1. The second-order valence-corrected chi connectivity index (χ2v) is 7.19. The first-order valence-corrected chi connectivity index (χ1v) is 9.56. The second kappa shape index (κ2) is 9.49. The number of nitro groups is 1. The number of hydrogen-bond acceptors (Lipinski definition) is 6. The van der Waals surface area contributed by atoms with Gasteiger partial charge >= 0.3 is 0 Å². The van der Waals surface area contributed by atoms with Crippen LogP contribution in [0.4, 0.5) is 11.4 Å². The SMILES string of the molecule is CN(C)c1ccc(C(=O)NCc2ccccc2CN2CCOCC2)cc1[N+](=O)[O-]. The lowest BCUT2D eigenvalue weighted by atomic mass is 10.1. The van der Waals surface area contributed by atoms with Crippen molar-refractivity contribution in [1.29, 1.82) is 0 Å². The first-order valence-electron chi connectivity index (χ1n) is 9.56. The Kier molecular flexibility index (Phi) is 6.79. The van der Waals surface area contributed by atoms with Crippen LogP contribution in [-0.2, 0) is 17.8 Å². The fraction of sp³-hybridized carbons (Fsp3) is 0.381. The van der Waals surface area contributed by atoms with Gasteiger partial charge in [0.05, 0.1) is 18.1 Å². The zero-order valence-electron chi connectivity index (χ0n) is 16.8. The van der Waals surface area contributed by atoms with Gasteiger partial charge in [-0.2, -0.15) is 0 Å². The molecule has 0 bridgehead atoms. The monoisotopic (exact) mass is 398 g/mol. The van der Waals surface area contributed by atoms with Crippen molar-refractivity contribution in [2.24, 2.45) is 0 Å². The summed E-state index contributed by atoms with van der Waals surface area (Å²) in [7, 11) is 3.46. The number of carbonyl (C=O) groups excluding carboxylic acids is 1. The highest BCUT2D eigenvalue weighted by molar-refractivity contribution is 5.95. The zero-order valence-corrected chi connectivity index (χ0v) is 16.8. The largest absolute Gasteiger partial charge is 0.379 e. The number of morpholine rings is 1. The van der Waals surface area contributed by atoms with Gasteiger partial charge in [0.25, 0.3) is 11.6 Å². The molecule has 3 rings (SSSR count). The average Bonchev–Trinajstić information content (AvgIpc) is 2.73. The molecule has 0 aliphatic carbocycles. The smallest absolute Gasteiger partial charge is 0.293 e. The van der Waals surface area contributed by atoms with Gasteiger partial charge in [-0.3, -0.25) is 19.8 Å². The Bertz CT molecular complexity index is 879. The number of anilines is 1. The van der Waals surface area contributed by atoms with Crippen LogP contribution < -0.4 is 10.2 Å². The molecule has 1 aliphatic heterocycles. The van der Waals surface area contributed by atoms with Crippen LogP contribution in [0.1, 0.15) is 21.5 Å². The number of nitrogens with one attached hydrogen (secondary N) is 1. The summed E-state index contributed by atoms with van der Waals surface area (Å²) < 4.78 is 5.40. The Morgan fingerprint density at radius 1 is 1.17 bits per heavy atom. The van der Waals surface area contributed by atoms with Crippen molar-refractivity contribution in [3.8, 4) is 0 Å². The summed E-state index contributed by atoms with van der Waals surface area (Å²) in [6, 6.07) is 12.5. The molecule has 1 amide bonds. The number of amides is 1. The molecule has 1 saturated heterocycles. The predicted molar refractivity (Wildman–Crippen MR) is 111 cm³/mol. The van der Waals surface area contributed by atoms with Gasteiger partial charge in [0.1, 0.15) is 5.69 Å². The summed E-state index contributed by atoms with van der Waals surface area (Å²) >= 11 is 0. The van der Waals surface area contributed by atoms with Gasteiger partial charge in [0.15, 0.2) is 0 Å². The van der Waals surface area contributed by atoms with Crippen LogP contribution in [0.2, 0.25) is 0 Å². The zero-order chi connectivity index (χ0) is 20.8. The molecule has 0 unspecified atom stereocenters. The highest BCUT2D eigenvalue weighted by Crippen LogP contribution is 2.27. The van der Waals surface area contributed by atoms with Crippen molar-refractivity contribution in [2.45, 2.75) is 13.1 Å². The fourth-order valence-electron chi connectivity index (χ4n) is 3.35. The third kappa shape index (κ3) is 5.30. The van der Waals surface area contributed by atoms with Crippen molar-refractivity contribution in [3.63, 3.8) is 0 Å². The molecule has 0 aromatic heterocycles. The summed E-state index contributed by atoms with van der Waals surface area (Å²) in [4.78, 5) is 27.5. The number of benzene rings is 2. The van der Waals surface area contributed by atoms with Crippen LogP contribution in [0.15, 0.2) is 42.5 Å². The van der Waals surface area contributed by atoms with Crippen molar-refractivity contribution >= 4 is 17.3 Å². The van der Waals surface area contributed by atoms with Crippen LogP contribution in [-0.4, -0.2) is 56.1 Å². The van der Waals surface area contributed by atoms with Crippen LogP contribution in [0.5, 0.6) is 0 Å². The molecule has 1 aliphatic rings. The number of nitro benzene ring substituents is 1. The van der Waals surface area contributed by atoms with E-state index in [4.69, 9.17) is 4.74 Å². The molecule has 2 aromatic carbocycles. The fourth-order valence-corrected chi connectivity index (χ4v) is 3.35. The summed E-state index contributed by atoms with van der Waals surface area (Å²) in [6.07, 6.45) is 0. The molecule has 0 spiro atoms. The topological polar surface area (TPSA) is 88.0 Å². The van der Waals surface area contributed by atoms with E-state index in [0.717, 1.165) is 44.0 Å². The van der Waals surface area contributed by atoms with E-state index in [1.165, 1.54) is 6.07 Å². The molecular formula is C21H26N4O4. The molecule has 0 saturated carbocycles. The highest BCUT2D eigenvalue weighted by atomic mass is 16.6. The lowest BCUT2D eigenvalue weighted by Gasteiger charge is -2.27. The molecule has 0 atom stereocenters. The van der Waals surface area contributed by atoms with Crippen molar-refractivity contribution in [3.05, 3.63) is 69.3 Å². The summed E-state index contributed by atoms with van der Waals surface area (Å²) in [5.74, 6) is -0.334. The van der Waals surface area contributed by atoms with Gasteiger partial charge in [-0.15, -0.1) is 0 Å². The third-order valence-corrected chi connectivity index (χ3v) is 4.97. The predicted octanol–water partition coefficient (Wildman–Crippen LogP) is 2.42. The van der Waals surface area contributed by atoms with E-state index in [1.54, 1.807) is 31.1 Å². The molecule has 1 heterocycles. The van der Waals surface area contributed by atoms with E-state index < -0.39 is 4.92 Å². The van der Waals surface area contributed by atoms with Gasteiger partial charge in [0, 0.05) is 51.9 Å². The number of rotatable bonds is 7. The maximum Gasteiger partial charge on any atom is 0.293 e. The van der Waals surface area contributed by atoms with E-state index in [-0.39, 0.29) is 17.2 Å². The molecule has 2 aromatic rings. The molecule has 1 fully saturated rings. The maximum atomic E-state index is 12.6. The van der Waals surface area contributed by atoms with Crippen molar-refractivity contribution < 1.29 is 14.5 Å². The Labute approximate surface area is 170 Å². The number of hydrogen-bond donors (Lipinski definition) is 1. The summed E-state index contributed by atoms with van der Waals surface area (Å²) in [6.45, 7) is 4.42. The normalized spacial score (nSPS) is 14.4. The van der Waals surface area contributed by atoms with Crippen LogP contribution in [0.25, 0.3) is 0 Å². The maximum absolute atomic E-state index is 12.6. The lowest BCUT2D eigenvalue weighted by molar-refractivity contribution is -0.384. The minimum Gasteiger partial charge on any atom is -0.379 e. The Balaban J connectivity index is 1.69. The first kappa shape index (κ1) is 20.8. The van der Waals surface area contributed by atoms with Crippen molar-refractivity contribution in [2.75, 3.05) is 45.3 Å². The van der Waals surface area contributed by atoms with Crippen LogP contribution >= 0.6 is 0 Å². The molecule has 8 heteroatoms. The third-order valence-electron chi connectivity index (χ3n) is 4.97. The molecule has 1 N–H and O–H groups in total. The lowest BCUT2D eigenvalue weighted by Crippen LogP contribution is -2.36. The number of carbonyl (C=O) groups is 1. The minimum atomic E-state index is -0.469. The highest BCUT2D eigenvalue weighted by Gasteiger charge is 2.19. The molecule has 29 heavy (non-hydrogen) atoms. The molecule has 154 valence electrons. The summed E-state index contributed by atoms with van der Waals surface area (Å²) in [5, 5.41) is 14.2. The standard InChI is InChI=1S/C21H26N4O4/c1-23(2)19-8-7-16(13-20(19)25(27)28)21(26)22-14-17-5-3-4-6-18(17)15-24-9-11-29-12-10-24/h3-8,13H,9-12,14-15H2,1-2H3,(H,22,26). The van der Waals surface area contributed by atoms with E-state index in [1.807, 2.05) is 18.2 Å². The Hall–Kier alpha value is -2.97. The quantitative estimate of drug-likeness (QED) is 0.569. The summed E-state index contributed by atoms with van der Waals surface area (Å²) in [5.41, 5.74) is 2.83. The van der Waals surface area contributed by atoms with E-state index >= 15 is 0 Å².